The van der Waals surface area contributed by atoms with E-state index in [0.717, 1.165) is 54.9 Å². The van der Waals surface area contributed by atoms with Gasteiger partial charge in [0.1, 0.15) is 0 Å². The molecule has 0 spiro atoms. The van der Waals surface area contributed by atoms with Gasteiger partial charge in [-0.25, -0.2) is 0 Å². The number of rotatable bonds is 3. The Labute approximate surface area is 135 Å². The van der Waals surface area contributed by atoms with Crippen LogP contribution in [0.1, 0.15) is 18.5 Å². The lowest BCUT2D eigenvalue weighted by molar-refractivity contribution is 0.203. The van der Waals surface area contributed by atoms with E-state index in [9.17, 15) is 0 Å². The Kier molecular flexibility index (Phi) is 3.81. The Bertz CT molecular complexity index is 785. The topological polar surface area (TPSA) is 70.8 Å². The van der Waals surface area contributed by atoms with E-state index >= 15 is 0 Å². The minimum atomic E-state index is 0.362. The maximum Gasteiger partial charge on any atom is 0.0906 e. The zero-order valence-electron chi connectivity index (χ0n) is 13.1. The number of nitrogens with one attached hydrogen (secondary N) is 1. The fourth-order valence-electron chi connectivity index (χ4n) is 3.21. The van der Waals surface area contributed by atoms with E-state index in [2.05, 4.69) is 44.1 Å². The third kappa shape index (κ3) is 2.98. The normalized spacial score (nSPS) is 16.9. The number of benzene rings is 1. The highest BCUT2D eigenvalue weighted by molar-refractivity contribution is 5.92. The molecule has 2 aromatic heterocycles. The molecule has 3 heterocycles. The molecular weight excluding hydrogens is 286 g/mol. The lowest BCUT2D eigenvalue weighted by Gasteiger charge is -2.29. The zero-order valence-corrected chi connectivity index (χ0v) is 13.1. The number of likely N-dealkylation sites (tertiary alicyclic amines) is 1. The second kappa shape index (κ2) is 6.10. The van der Waals surface area contributed by atoms with Crippen molar-refractivity contribution in [2.24, 2.45) is 5.73 Å². The Morgan fingerprint density at radius 3 is 2.78 bits per heavy atom. The highest BCUT2D eigenvalue weighted by atomic mass is 15.1. The van der Waals surface area contributed by atoms with Crippen molar-refractivity contribution in [2.75, 3.05) is 13.1 Å². The summed E-state index contributed by atoms with van der Waals surface area (Å²) >= 11 is 0. The summed E-state index contributed by atoms with van der Waals surface area (Å²) in [7, 11) is 0. The molecule has 0 atom stereocenters. The van der Waals surface area contributed by atoms with Gasteiger partial charge in [-0.2, -0.15) is 0 Å². The van der Waals surface area contributed by atoms with Crippen molar-refractivity contribution in [3.8, 4) is 11.3 Å². The summed E-state index contributed by atoms with van der Waals surface area (Å²) in [5, 5.41) is 1.19. The molecule has 1 fully saturated rings. The molecule has 1 aliphatic rings. The Hall–Kier alpha value is -2.24. The summed E-state index contributed by atoms with van der Waals surface area (Å²) in [5.74, 6) is 0. The molecule has 0 bridgehead atoms. The van der Waals surface area contributed by atoms with Crippen molar-refractivity contribution in [2.45, 2.75) is 25.4 Å². The van der Waals surface area contributed by atoms with Crippen molar-refractivity contribution >= 4 is 10.9 Å². The van der Waals surface area contributed by atoms with Gasteiger partial charge in [0.05, 0.1) is 29.3 Å². The van der Waals surface area contributed by atoms with Gasteiger partial charge >= 0.3 is 0 Å². The zero-order chi connectivity index (χ0) is 15.6. The molecule has 3 N–H and O–H groups in total. The van der Waals surface area contributed by atoms with Crippen molar-refractivity contribution in [3.05, 3.63) is 48.5 Å². The van der Waals surface area contributed by atoms with Gasteiger partial charge in [-0.15, -0.1) is 0 Å². The van der Waals surface area contributed by atoms with E-state index in [-0.39, 0.29) is 0 Å². The van der Waals surface area contributed by atoms with Gasteiger partial charge in [-0.05, 0) is 18.9 Å². The number of para-hydroxylation sites is 1. The van der Waals surface area contributed by atoms with Gasteiger partial charge in [0, 0.05) is 42.8 Å². The fourth-order valence-corrected chi connectivity index (χ4v) is 3.21. The van der Waals surface area contributed by atoms with Crippen LogP contribution in [0.15, 0.2) is 42.9 Å². The molecule has 0 radical (unpaired) electrons. The van der Waals surface area contributed by atoms with Crippen molar-refractivity contribution in [1.29, 1.82) is 0 Å². The highest BCUT2D eigenvalue weighted by Gasteiger charge is 2.16. The number of H-pyrrole nitrogens is 1. The molecular formula is C18H21N5. The maximum absolute atomic E-state index is 5.95. The van der Waals surface area contributed by atoms with E-state index in [4.69, 9.17) is 5.73 Å². The van der Waals surface area contributed by atoms with Crippen molar-refractivity contribution in [3.63, 3.8) is 0 Å². The quantitative estimate of drug-likeness (QED) is 0.780. The first-order valence-electron chi connectivity index (χ1n) is 8.15. The summed E-state index contributed by atoms with van der Waals surface area (Å²) in [4.78, 5) is 14.9. The van der Waals surface area contributed by atoms with Gasteiger partial charge in [0.15, 0.2) is 0 Å². The van der Waals surface area contributed by atoms with Crippen LogP contribution in [0.2, 0.25) is 0 Å². The first-order chi connectivity index (χ1) is 11.3. The lowest BCUT2D eigenvalue weighted by atomic mass is 10.1. The molecule has 23 heavy (non-hydrogen) atoms. The van der Waals surface area contributed by atoms with Crippen LogP contribution in [0.5, 0.6) is 0 Å². The van der Waals surface area contributed by atoms with E-state index in [1.165, 1.54) is 5.39 Å². The van der Waals surface area contributed by atoms with E-state index < -0.39 is 0 Å². The second-order valence-electron chi connectivity index (χ2n) is 6.25. The Morgan fingerprint density at radius 2 is 2.00 bits per heavy atom. The molecule has 1 saturated heterocycles. The van der Waals surface area contributed by atoms with Gasteiger partial charge < -0.3 is 10.7 Å². The SMILES string of the molecule is NC1CCN(Cc2cnc(-c3cccc4cc[nH]c34)cn2)CC1. The molecule has 1 aromatic carbocycles. The predicted octanol–water partition coefficient (Wildman–Crippen LogP) is 2.55. The molecule has 0 unspecified atom stereocenters. The molecule has 1 aliphatic heterocycles. The third-order valence-corrected chi connectivity index (χ3v) is 4.59. The summed E-state index contributed by atoms with van der Waals surface area (Å²) in [6, 6.07) is 8.66. The first kappa shape index (κ1) is 14.4. The van der Waals surface area contributed by atoms with Crippen LogP contribution in [0.25, 0.3) is 22.2 Å². The highest BCUT2D eigenvalue weighted by Crippen LogP contribution is 2.25. The van der Waals surface area contributed by atoms with Crippen LogP contribution in [0, 0.1) is 0 Å². The molecule has 118 valence electrons. The average molecular weight is 307 g/mol. The van der Waals surface area contributed by atoms with E-state index in [0.29, 0.717) is 6.04 Å². The van der Waals surface area contributed by atoms with E-state index in [1.807, 2.05) is 18.6 Å². The van der Waals surface area contributed by atoms with Crippen LogP contribution in [0.3, 0.4) is 0 Å². The number of nitrogens with two attached hydrogens (primary N) is 1. The Morgan fingerprint density at radius 1 is 1.13 bits per heavy atom. The molecule has 5 heteroatoms. The van der Waals surface area contributed by atoms with Crippen LogP contribution < -0.4 is 5.73 Å². The van der Waals surface area contributed by atoms with Crippen LogP contribution in [-0.2, 0) is 6.54 Å². The van der Waals surface area contributed by atoms with Crippen LogP contribution in [0.4, 0.5) is 0 Å². The number of nitrogens with zero attached hydrogens (tertiary/aromatic N) is 3. The molecule has 5 nitrogen and oxygen atoms in total. The molecule has 4 rings (SSSR count). The summed E-state index contributed by atoms with van der Waals surface area (Å²) in [6.45, 7) is 2.95. The van der Waals surface area contributed by atoms with Gasteiger partial charge in [-0.1, -0.05) is 18.2 Å². The third-order valence-electron chi connectivity index (χ3n) is 4.59. The number of piperidine rings is 1. The molecule has 3 aromatic rings. The standard InChI is InChI=1S/C18H21N5/c19-14-5-8-23(9-6-14)12-15-10-22-17(11-21-15)16-3-1-2-13-4-7-20-18(13)16/h1-4,7,10-11,14,20H,5-6,8-9,12,19H2. The minimum absolute atomic E-state index is 0.362. The maximum atomic E-state index is 5.95. The van der Waals surface area contributed by atoms with Gasteiger partial charge in [-0.3, -0.25) is 14.9 Å². The second-order valence-corrected chi connectivity index (χ2v) is 6.25. The number of hydrogen-bond acceptors (Lipinski definition) is 4. The summed E-state index contributed by atoms with van der Waals surface area (Å²) < 4.78 is 0. The van der Waals surface area contributed by atoms with Crippen LogP contribution in [-0.4, -0.2) is 39.0 Å². The largest absolute Gasteiger partial charge is 0.361 e. The molecule has 0 saturated carbocycles. The average Bonchev–Trinajstić information content (AvgIpc) is 3.06. The fraction of sp³-hybridized carbons (Fsp3) is 0.333. The summed E-state index contributed by atoms with van der Waals surface area (Å²) in [6.07, 6.45) is 7.87. The van der Waals surface area contributed by atoms with Gasteiger partial charge in [0.2, 0.25) is 0 Å². The smallest absolute Gasteiger partial charge is 0.0906 e. The van der Waals surface area contributed by atoms with Gasteiger partial charge in [0.25, 0.3) is 0 Å². The number of fused-ring (bicyclic) bond motifs is 1. The minimum Gasteiger partial charge on any atom is -0.361 e. The lowest BCUT2D eigenvalue weighted by Crippen LogP contribution is -2.39. The number of aromatic nitrogens is 3. The Balaban J connectivity index is 1.53. The van der Waals surface area contributed by atoms with Crippen LogP contribution >= 0.6 is 0 Å². The summed E-state index contributed by atoms with van der Waals surface area (Å²) in [5.41, 5.74) is 10.1. The van der Waals surface area contributed by atoms with E-state index in [1.54, 1.807) is 0 Å². The van der Waals surface area contributed by atoms with Crippen molar-refractivity contribution in [1.82, 2.24) is 19.9 Å². The molecule has 0 amide bonds. The van der Waals surface area contributed by atoms with Crippen molar-refractivity contribution < 1.29 is 0 Å². The monoisotopic (exact) mass is 307 g/mol. The predicted molar refractivity (Wildman–Crippen MR) is 91.8 cm³/mol. The first-order valence-corrected chi connectivity index (χ1v) is 8.15. The molecule has 0 aliphatic carbocycles. The number of aromatic amines is 1. The number of hydrogen-bond donors (Lipinski definition) is 2.